The Morgan fingerprint density at radius 2 is 2.00 bits per heavy atom. The van der Waals surface area contributed by atoms with Crippen LogP contribution in [0.1, 0.15) is 17.8 Å². The van der Waals surface area contributed by atoms with Crippen molar-refractivity contribution in [3.05, 3.63) is 15.9 Å². The van der Waals surface area contributed by atoms with E-state index in [0.717, 1.165) is 29.7 Å². The molecular weight excluding hydrogens is 242 g/mol. The fraction of sp³-hybridized carbons (Fsp3) is 0.700. The highest BCUT2D eigenvalue weighted by Crippen LogP contribution is 2.19. The van der Waals surface area contributed by atoms with Gasteiger partial charge in [0, 0.05) is 12.2 Å². The predicted molar refractivity (Wildman–Crippen MR) is 62.6 cm³/mol. The van der Waals surface area contributed by atoms with Gasteiger partial charge >= 0.3 is 0 Å². The molecule has 0 spiro atoms. The molecule has 0 unspecified atom stereocenters. The molecule has 0 fully saturated rings. The molecule has 0 aliphatic carbocycles. The molecule has 0 saturated carbocycles. The summed E-state index contributed by atoms with van der Waals surface area (Å²) in [7, 11) is 4.19. The first-order valence-corrected chi connectivity index (χ1v) is 5.66. The summed E-state index contributed by atoms with van der Waals surface area (Å²) in [5.74, 6) is 0. The summed E-state index contributed by atoms with van der Waals surface area (Å²) in [4.78, 5) is 2.20. The predicted octanol–water partition coefficient (Wildman–Crippen LogP) is 2.21. The van der Waals surface area contributed by atoms with Crippen molar-refractivity contribution in [2.45, 2.75) is 26.8 Å². The molecule has 0 aliphatic heterocycles. The van der Waals surface area contributed by atoms with E-state index < -0.39 is 0 Å². The molecule has 3 nitrogen and oxygen atoms in total. The van der Waals surface area contributed by atoms with Crippen LogP contribution in [0.2, 0.25) is 0 Å². The van der Waals surface area contributed by atoms with Crippen molar-refractivity contribution in [2.75, 3.05) is 20.6 Å². The summed E-state index contributed by atoms with van der Waals surface area (Å²) in [5.41, 5.74) is 2.30. The Balaban J connectivity index is 2.55. The van der Waals surface area contributed by atoms with Crippen molar-refractivity contribution in [1.82, 2.24) is 14.7 Å². The first-order valence-electron chi connectivity index (χ1n) is 4.86. The van der Waals surface area contributed by atoms with Crippen molar-refractivity contribution in [3.63, 3.8) is 0 Å². The minimum Gasteiger partial charge on any atom is -0.309 e. The maximum atomic E-state index is 4.46. The second-order valence-electron chi connectivity index (χ2n) is 3.86. The van der Waals surface area contributed by atoms with Gasteiger partial charge in [-0.2, -0.15) is 5.10 Å². The van der Waals surface area contributed by atoms with Gasteiger partial charge < -0.3 is 4.90 Å². The van der Waals surface area contributed by atoms with E-state index in [9.17, 15) is 0 Å². The highest BCUT2D eigenvalue weighted by atomic mass is 79.9. The van der Waals surface area contributed by atoms with Crippen molar-refractivity contribution in [3.8, 4) is 0 Å². The third-order valence-electron chi connectivity index (χ3n) is 2.27. The summed E-state index contributed by atoms with van der Waals surface area (Å²) in [5, 5.41) is 4.46. The van der Waals surface area contributed by atoms with Gasteiger partial charge in [0.25, 0.3) is 0 Å². The van der Waals surface area contributed by atoms with Crippen LogP contribution in [0.5, 0.6) is 0 Å². The number of hydrogen-bond acceptors (Lipinski definition) is 2. The molecule has 0 saturated heterocycles. The Labute approximate surface area is 94.2 Å². The quantitative estimate of drug-likeness (QED) is 0.827. The van der Waals surface area contributed by atoms with E-state index in [1.165, 1.54) is 5.69 Å². The monoisotopic (exact) mass is 259 g/mol. The average Bonchev–Trinajstić information content (AvgIpc) is 2.33. The fourth-order valence-corrected chi connectivity index (χ4v) is 1.71. The lowest BCUT2D eigenvalue weighted by molar-refractivity contribution is 0.379. The minimum atomic E-state index is 0.996. The van der Waals surface area contributed by atoms with Crippen molar-refractivity contribution in [1.29, 1.82) is 0 Å². The van der Waals surface area contributed by atoms with Gasteiger partial charge in [0.1, 0.15) is 0 Å². The van der Waals surface area contributed by atoms with Crippen LogP contribution < -0.4 is 0 Å². The van der Waals surface area contributed by atoms with Crippen LogP contribution in [0.4, 0.5) is 0 Å². The van der Waals surface area contributed by atoms with Gasteiger partial charge in [0.2, 0.25) is 0 Å². The second kappa shape index (κ2) is 4.94. The lowest BCUT2D eigenvalue weighted by atomic mass is 10.4. The molecule has 0 amide bonds. The summed E-state index contributed by atoms with van der Waals surface area (Å²) in [6, 6.07) is 0. The van der Waals surface area contributed by atoms with Gasteiger partial charge in [-0.25, -0.2) is 0 Å². The molecule has 80 valence electrons. The highest BCUT2D eigenvalue weighted by molar-refractivity contribution is 9.10. The number of nitrogens with zero attached hydrogens (tertiary/aromatic N) is 3. The Morgan fingerprint density at radius 1 is 1.36 bits per heavy atom. The van der Waals surface area contributed by atoms with Crippen LogP contribution in [0.15, 0.2) is 4.47 Å². The van der Waals surface area contributed by atoms with E-state index in [0.29, 0.717) is 0 Å². The molecule has 0 radical (unpaired) electrons. The first kappa shape index (κ1) is 11.7. The number of hydrogen-bond donors (Lipinski definition) is 0. The summed E-state index contributed by atoms with van der Waals surface area (Å²) in [6.07, 6.45) is 1.14. The molecule has 1 rings (SSSR count). The number of aromatic nitrogens is 2. The third-order valence-corrected chi connectivity index (χ3v) is 3.42. The summed E-state index contributed by atoms with van der Waals surface area (Å²) >= 11 is 3.53. The van der Waals surface area contributed by atoms with E-state index in [-0.39, 0.29) is 0 Å². The van der Waals surface area contributed by atoms with Crippen molar-refractivity contribution >= 4 is 15.9 Å². The second-order valence-corrected chi connectivity index (χ2v) is 4.66. The van der Waals surface area contributed by atoms with E-state index in [4.69, 9.17) is 0 Å². The van der Waals surface area contributed by atoms with Crippen LogP contribution in [0, 0.1) is 13.8 Å². The number of halogens is 1. The van der Waals surface area contributed by atoms with E-state index in [1.54, 1.807) is 0 Å². The van der Waals surface area contributed by atoms with Gasteiger partial charge in [-0.3, -0.25) is 4.68 Å². The summed E-state index contributed by atoms with van der Waals surface area (Å²) in [6.45, 7) is 6.23. The highest BCUT2D eigenvalue weighted by Gasteiger charge is 2.07. The van der Waals surface area contributed by atoms with Gasteiger partial charge in [-0.1, -0.05) is 0 Å². The normalized spacial score (nSPS) is 11.3. The molecule has 1 aromatic rings. The molecule has 14 heavy (non-hydrogen) atoms. The average molecular weight is 260 g/mol. The zero-order valence-electron chi connectivity index (χ0n) is 9.34. The first-order chi connectivity index (χ1) is 6.52. The molecule has 0 aliphatic rings. The van der Waals surface area contributed by atoms with E-state index in [1.807, 2.05) is 6.92 Å². The lowest BCUT2D eigenvalue weighted by Crippen LogP contribution is -2.15. The minimum absolute atomic E-state index is 0.996. The Bertz CT molecular complexity index is 305. The SMILES string of the molecule is Cc1nn(CCCN(C)C)c(C)c1Br. The lowest BCUT2D eigenvalue weighted by Gasteiger charge is -2.09. The van der Waals surface area contributed by atoms with Gasteiger partial charge in [0.05, 0.1) is 10.2 Å². The van der Waals surface area contributed by atoms with Gasteiger partial charge in [-0.05, 0) is 56.8 Å². The van der Waals surface area contributed by atoms with Gasteiger partial charge in [-0.15, -0.1) is 0 Å². The Kier molecular flexibility index (Phi) is 4.13. The van der Waals surface area contributed by atoms with E-state index in [2.05, 4.69) is 51.6 Å². The summed E-state index contributed by atoms with van der Waals surface area (Å²) < 4.78 is 3.21. The zero-order valence-corrected chi connectivity index (χ0v) is 10.9. The Morgan fingerprint density at radius 3 is 2.43 bits per heavy atom. The number of rotatable bonds is 4. The van der Waals surface area contributed by atoms with Gasteiger partial charge in [0.15, 0.2) is 0 Å². The molecule has 1 heterocycles. The van der Waals surface area contributed by atoms with Crippen molar-refractivity contribution in [2.24, 2.45) is 0 Å². The molecule has 0 bridgehead atoms. The number of aryl methyl sites for hydroxylation is 2. The largest absolute Gasteiger partial charge is 0.309 e. The van der Waals surface area contributed by atoms with Crippen LogP contribution in [-0.4, -0.2) is 35.3 Å². The zero-order chi connectivity index (χ0) is 10.7. The Hall–Kier alpha value is -0.350. The molecular formula is C10H18BrN3. The molecule has 0 atom stereocenters. The van der Waals surface area contributed by atoms with Crippen LogP contribution in [0.3, 0.4) is 0 Å². The smallest absolute Gasteiger partial charge is 0.0738 e. The topological polar surface area (TPSA) is 21.1 Å². The fourth-order valence-electron chi connectivity index (χ4n) is 1.43. The molecule has 4 heteroatoms. The maximum absolute atomic E-state index is 4.46. The van der Waals surface area contributed by atoms with Crippen molar-refractivity contribution < 1.29 is 0 Å². The molecule has 0 N–H and O–H groups in total. The van der Waals surface area contributed by atoms with Crippen LogP contribution in [-0.2, 0) is 6.54 Å². The third kappa shape index (κ3) is 2.82. The molecule has 1 aromatic heterocycles. The van der Waals surface area contributed by atoms with Crippen LogP contribution >= 0.6 is 15.9 Å². The standard InChI is InChI=1S/C10H18BrN3/c1-8-10(11)9(2)14(12-8)7-5-6-13(3)4/h5-7H2,1-4H3. The molecule has 0 aromatic carbocycles. The van der Waals surface area contributed by atoms with Crippen LogP contribution in [0.25, 0.3) is 0 Å². The van der Waals surface area contributed by atoms with E-state index >= 15 is 0 Å². The maximum Gasteiger partial charge on any atom is 0.0738 e.